The van der Waals surface area contributed by atoms with Crippen LogP contribution >= 0.6 is 0 Å². The smallest absolute Gasteiger partial charge is 0.322 e. The van der Waals surface area contributed by atoms with Crippen molar-refractivity contribution < 1.29 is 39.9 Å². The molecule has 0 spiro atoms. The molecule has 0 aromatic carbocycles. The largest absolute Gasteiger partial charge is 0.480 e. The molecule has 5 atom stereocenters. The number of aliphatic carboxylic acids is 1. The van der Waals surface area contributed by atoms with Gasteiger partial charge in [0.1, 0.15) is 30.5 Å². The number of hydrogen-bond donors (Lipinski definition) is 8. The molecule has 1 amide bonds. The Morgan fingerprint density at radius 1 is 1.17 bits per heavy atom. The first kappa shape index (κ1) is 22.7. The molecule has 24 heavy (non-hydrogen) atoms. The summed E-state index contributed by atoms with van der Waals surface area (Å²) in [6.07, 6.45) is -5.79. The summed E-state index contributed by atoms with van der Waals surface area (Å²) in [5, 5.41) is 48.9. The number of carboxylic acid groups (broad SMARTS) is 1. The van der Waals surface area contributed by atoms with Gasteiger partial charge in [0.25, 0.3) is 0 Å². The van der Waals surface area contributed by atoms with Gasteiger partial charge in [0, 0.05) is 20.1 Å². The predicted molar refractivity (Wildman–Crippen MR) is 81.8 cm³/mol. The molecule has 0 aliphatic carbocycles. The molecule has 0 aliphatic rings. The molecular weight excluding hydrogens is 326 g/mol. The van der Waals surface area contributed by atoms with Crippen molar-refractivity contribution in [3.05, 3.63) is 0 Å². The van der Waals surface area contributed by atoms with Gasteiger partial charge in [-0.3, -0.25) is 15.0 Å². The fraction of sp³-hybridized carbons (Fsp3) is 0.846. The minimum atomic E-state index is -1.65. The molecule has 0 aliphatic heterocycles. The standard InChI is InChI=1S/C13H27N3O8/c1-14-16-7(13(22)23)3-4-10(19)15-5-9(24-2)12(21)11(20)8(18)6-17/h7-9,11-12,14,16-18,20-21H,3-6H2,1-2H3,(H,15,19)(H,22,23). The number of aliphatic hydroxyl groups excluding tert-OH is 4. The second kappa shape index (κ2) is 12.1. The number of ether oxygens (including phenoxy) is 1. The molecule has 0 aromatic heterocycles. The molecule has 0 rings (SSSR count). The normalized spacial score (nSPS) is 17.6. The number of methoxy groups -OCH3 is 1. The molecule has 11 nitrogen and oxygen atoms in total. The highest BCUT2D eigenvalue weighted by molar-refractivity contribution is 5.78. The average Bonchev–Trinajstić information content (AvgIpc) is 2.56. The van der Waals surface area contributed by atoms with Crippen LogP contribution in [0.3, 0.4) is 0 Å². The van der Waals surface area contributed by atoms with Crippen LogP contribution in [0.15, 0.2) is 0 Å². The molecule has 0 saturated heterocycles. The van der Waals surface area contributed by atoms with Crippen LogP contribution < -0.4 is 16.2 Å². The van der Waals surface area contributed by atoms with Gasteiger partial charge in [-0.25, -0.2) is 5.43 Å². The van der Waals surface area contributed by atoms with Crippen LogP contribution in [0.5, 0.6) is 0 Å². The molecule has 0 bridgehead atoms. The predicted octanol–water partition coefficient (Wildman–Crippen LogP) is -3.85. The zero-order valence-corrected chi connectivity index (χ0v) is 13.7. The lowest BCUT2D eigenvalue weighted by Crippen LogP contribution is -2.50. The molecule has 142 valence electrons. The summed E-state index contributed by atoms with van der Waals surface area (Å²) >= 11 is 0. The zero-order valence-electron chi connectivity index (χ0n) is 13.7. The maximum Gasteiger partial charge on any atom is 0.322 e. The van der Waals surface area contributed by atoms with Crippen LogP contribution in [-0.4, -0.2) is 95.2 Å². The van der Waals surface area contributed by atoms with Gasteiger partial charge in [-0.05, 0) is 13.5 Å². The summed E-state index contributed by atoms with van der Waals surface area (Å²) in [4.78, 5) is 22.6. The fourth-order valence-electron chi connectivity index (χ4n) is 1.91. The van der Waals surface area contributed by atoms with E-state index in [1.165, 1.54) is 14.2 Å². The van der Waals surface area contributed by atoms with Gasteiger partial charge >= 0.3 is 5.97 Å². The monoisotopic (exact) mass is 353 g/mol. The van der Waals surface area contributed by atoms with Crippen molar-refractivity contribution in [2.45, 2.75) is 43.3 Å². The summed E-state index contributed by atoms with van der Waals surface area (Å²) in [6.45, 7) is -0.904. The van der Waals surface area contributed by atoms with E-state index < -0.39 is 48.9 Å². The summed E-state index contributed by atoms with van der Waals surface area (Å²) in [5.74, 6) is -1.57. The van der Waals surface area contributed by atoms with Crippen LogP contribution in [0.1, 0.15) is 12.8 Å². The zero-order chi connectivity index (χ0) is 18.7. The maximum absolute atomic E-state index is 11.7. The lowest BCUT2D eigenvalue weighted by Gasteiger charge is -2.28. The first-order valence-corrected chi connectivity index (χ1v) is 7.38. The van der Waals surface area contributed by atoms with E-state index in [0.29, 0.717) is 0 Å². The van der Waals surface area contributed by atoms with Crippen molar-refractivity contribution in [2.75, 3.05) is 27.3 Å². The highest BCUT2D eigenvalue weighted by Gasteiger charge is 2.31. The van der Waals surface area contributed by atoms with E-state index in [-0.39, 0.29) is 19.4 Å². The number of rotatable bonds is 13. The Morgan fingerprint density at radius 2 is 1.79 bits per heavy atom. The molecule has 0 fully saturated rings. The van der Waals surface area contributed by atoms with Gasteiger partial charge in [0.05, 0.1) is 6.61 Å². The minimum absolute atomic E-state index is 0.0358. The molecule has 0 radical (unpaired) electrons. The number of carboxylic acids is 1. The van der Waals surface area contributed by atoms with Gasteiger partial charge in [-0.15, -0.1) is 0 Å². The van der Waals surface area contributed by atoms with Crippen LogP contribution in [0, 0.1) is 0 Å². The number of amides is 1. The van der Waals surface area contributed by atoms with Crippen LogP contribution in [0.2, 0.25) is 0 Å². The third kappa shape index (κ3) is 7.97. The number of aliphatic hydroxyl groups is 4. The Balaban J connectivity index is 4.37. The van der Waals surface area contributed by atoms with E-state index in [1.54, 1.807) is 0 Å². The average molecular weight is 353 g/mol. The lowest BCUT2D eigenvalue weighted by molar-refractivity contribution is -0.140. The van der Waals surface area contributed by atoms with E-state index in [1.807, 2.05) is 0 Å². The van der Waals surface area contributed by atoms with Crippen molar-refractivity contribution in [2.24, 2.45) is 0 Å². The van der Waals surface area contributed by atoms with E-state index in [9.17, 15) is 24.9 Å². The molecule has 8 N–H and O–H groups in total. The highest BCUT2D eigenvalue weighted by atomic mass is 16.5. The summed E-state index contributed by atoms with van der Waals surface area (Å²) in [7, 11) is 2.75. The summed E-state index contributed by atoms with van der Waals surface area (Å²) in [5.41, 5.74) is 4.97. The van der Waals surface area contributed by atoms with Crippen LogP contribution in [0.25, 0.3) is 0 Å². The topological polar surface area (TPSA) is 181 Å². The third-order valence-electron chi connectivity index (χ3n) is 3.39. The number of carbonyl (C=O) groups excluding carboxylic acids is 1. The third-order valence-corrected chi connectivity index (χ3v) is 3.39. The van der Waals surface area contributed by atoms with Crippen LogP contribution in [-0.2, 0) is 14.3 Å². The number of nitrogens with one attached hydrogen (secondary N) is 3. The maximum atomic E-state index is 11.7. The first-order valence-electron chi connectivity index (χ1n) is 7.38. The van der Waals surface area contributed by atoms with Gasteiger partial charge in [-0.2, -0.15) is 0 Å². The molecule has 5 unspecified atom stereocenters. The number of hydrogen-bond acceptors (Lipinski definition) is 9. The Morgan fingerprint density at radius 3 is 2.25 bits per heavy atom. The van der Waals surface area contributed by atoms with Gasteiger partial charge in [0.15, 0.2) is 0 Å². The molecule has 0 aromatic rings. The molecule has 0 heterocycles. The van der Waals surface area contributed by atoms with Crippen molar-refractivity contribution in [3.8, 4) is 0 Å². The van der Waals surface area contributed by atoms with Crippen molar-refractivity contribution in [1.82, 2.24) is 16.2 Å². The lowest BCUT2D eigenvalue weighted by atomic mass is 10.0. The Labute approximate surface area is 139 Å². The first-order chi connectivity index (χ1) is 11.3. The molecule has 11 heteroatoms. The Hall–Kier alpha value is -1.34. The highest BCUT2D eigenvalue weighted by Crippen LogP contribution is 2.07. The van der Waals surface area contributed by atoms with Crippen molar-refractivity contribution in [3.63, 3.8) is 0 Å². The number of hydrazine groups is 1. The summed E-state index contributed by atoms with van der Waals surface area (Å²) < 4.78 is 4.95. The van der Waals surface area contributed by atoms with E-state index >= 15 is 0 Å². The van der Waals surface area contributed by atoms with E-state index in [4.69, 9.17) is 14.9 Å². The second-order valence-corrected chi connectivity index (χ2v) is 5.13. The van der Waals surface area contributed by atoms with Gasteiger partial charge in [-0.1, -0.05) is 0 Å². The van der Waals surface area contributed by atoms with E-state index in [0.717, 1.165) is 0 Å². The Bertz CT molecular complexity index is 384. The summed E-state index contributed by atoms with van der Waals surface area (Å²) in [6, 6.07) is -0.939. The van der Waals surface area contributed by atoms with Gasteiger partial charge < -0.3 is 35.6 Å². The van der Waals surface area contributed by atoms with Gasteiger partial charge in [0.2, 0.25) is 5.91 Å². The van der Waals surface area contributed by atoms with Crippen molar-refractivity contribution in [1.29, 1.82) is 0 Å². The minimum Gasteiger partial charge on any atom is -0.480 e. The SMILES string of the molecule is CNNC(CCC(=O)NCC(OC)C(O)C(O)C(O)CO)C(=O)O. The van der Waals surface area contributed by atoms with E-state index in [2.05, 4.69) is 16.2 Å². The quantitative estimate of drug-likeness (QED) is 0.153. The van der Waals surface area contributed by atoms with Crippen LogP contribution in [0.4, 0.5) is 0 Å². The van der Waals surface area contributed by atoms with Crippen molar-refractivity contribution >= 4 is 11.9 Å². The molecule has 0 saturated carbocycles. The number of carbonyl (C=O) groups is 2. The second-order valence-electron chi connectivity index (χ2n) is 5.13. The Kier molecular flexibility index (Phi) is 11.4. The molecular formula is C13H27N3O8. The fourth-order valence-corrected chi connectivity index (χ4v) is 1.91.